The number of benzene rings is 2. The molecule has 0 aliphatic carbocycles. The van der Waals surface area contributed by atoms with Crippen LogP contribution in [0.1, 0.15) is 57.2 Å². The zero-order valence-electron chi connectivity index (χ0n) is 12.8. The number of rotatable bonds is 4. The molecule has 0 aliphatic heterocycles. The Labute approximate surface area is 129 Å². The molecule has 4 nitrogen and oxygen atoms in total. The summed E-state index contributed by atoms with van der Waals surface area (Å²) in [5, 5.41) is 19.2. The number of aromatic hydroxyl groups is 1. The van der Waals surface area contributed by atoms with E-state index < -0.39 is 5.97 Å². The highest BCUT2D eigenvalue weighted by Gasteiger charge is 2.20. The van der Waals surface area contributed by atoms with Crippen LogP contribution in [0.25, 0.3) is 0 Å². The molecular weight excluding hydrogens is 280 g/mol. The Balaban J connectivity index is 2.60. The molecule has 0 saturated carbocycles. The van der Waals surface area contributed by atoms with Crippen molar-refractivity contribution < 1.29 is 19.8 Å². The lowest BCUT2D eigenvalue weighted by Gasteiger charge is -2.14. The van der Waals surface area contributed by atoms with Crippen LogP contribution in [-0.2, 0) is 0 Å². The van der Waals surface area contributed by atoms with Gasteiger partial charge in [0.1, 0.15) is 5.75 Å². The summed E-state index contributed by atoms with van der Waals surface area (Å²) in [6.45, 7) is 5.56. The van der Waals surface area contributed by atoms with Gasteiger partial charge in [-0.2, -0.15) is 0 Å². The van der Waals surface area contributed by atoms with Crippen LogP contribution in [0.5, 0.6) is 5.75 Å². The van der Waals surface area contributed by atoms with Gasteiger partial charge in [-0.25, -0.2) is 4.79 Å². The summed E-state index contributed by atoms with van der Waals surface area (Å²) in [6, 6.07) is 9.34. The number of hydrogen-bond acceptors (Lipinski definition) is 3. The summed E-state index contributed by atoms with van der Waals surface area (Å²) < 4.78 is 0. The van der Waals surface area contributed by atoms with Crippen molar-refractivity contribution in [2.24, 2.45) is 0 Å². The summed E-state index contributed by atoms with van der Waals surface area (Å²) >= 11 is 0. The minimum atomic E-state index is -1.13. The molecule has 0 unspecified atom stereocenters. The molecule has 0 heterocycles. The zero-order chi connectivity index (χ0) is 16.4. The minimum absolute atomic E-state index is 0.0222. The number of phenolic OH excluding ortho intramolecular Hbond substituents is 1. The average molecular weight is 298 g/mol. The van der Waals surface area contributed by atoms with Crippen molar-refractivity contribution in [1.29, 1.82) is 0 Å². The van der Waals surface area contributed by atoms with E-state index in [1.807, 2.05) is 13.8 Å². The largest absolute Gasteiger partial charge is 0.508 e. The monoisotopic (exact) mass is 298 g/mol. The fraction of sp³-hybridized carbons (Fsp3) is 0.222. The summed E-state index contributed by atoms with van der Waals surface area (Å²) in [5.74, 6) is -1.28. The fourth-order valence-corrected chi connectivity index (χ4v) is 2.43. The number of hydrogen-bond donors (Lipinski definition) is 2. The molecule has 2 N–H and O–H groups in total. The quantitative estimate of drug-likeness (QED) is 0.843. The summed E-state index contributed by atoms with van der Waals surface area (Å²) in [7, 11) is 0. The third-order valence-electron chi connectivity index (χ3n) is 3.64. The van der Waals surface area contributed by atoms with E-state index in [9.17, 15) is 19.8 Å². The van der Waals surface area contributed by atoms with Crippen LogP contribution in [0.4, 0.5) is 0 Å². The van der Waals surface area contributed by atoms with Gasteiger partial charge in [-0.3, -0.25) is 4.79 Å². The minimum Gasteiger partial charge on any atom is -0.508 e. The van der Waals surface area contributed by atoms with E-state index >= 15 is 0 Å². The van der Waals surface area contributed by atoms with E-state index in [4.69, 9.17) is 0 Å². The van der Waals surface area contributed by atoms with Crippen LogP contribution < -0.4 is 0 Å². The first-order valence-electron chi connectivity index (χ1n) is 7.03. The first-order chi connectivity index (χ1) is 10.3. The highest BCUT2D eigenvalue weighted by molar-refractivity contribution is 6.15. The summed E-state index contributed by atoms with van der Waals surface area (Å²) in [4.78, 5) is 24.0. The maximum absolute atomic E-state index is 12.7. The number of phenols is 1. The number of aryl methyl sites for hydroxylation is 1. The van der Waals surface area contributed by atoms with Gasteiger partial charge in [0.15, 0.2) is 5.78 Å². The molecule has 0 radical (unpaired) electrons. The van der Waals surface area contributed by atoms with Gasteiger partial charge in [0.2, 0.25) is 0 Å². The summed E-state index contributed by atoms with van der Waals surface area (Å²) in [5.41, 5.74) is 1.83. The number of carbonyl (C=O) groups excluding carboxylic acids is 1. The van der Waals surface area contributed by atoms with Gasteiger partial charge in [0, 0.05) is 11.1 Å². The van der Waals surface area contributed by atoms with Crippen LogP contribution in [0.15, 0.2) is 36.4 Å². The molecule has 0 atom stereocenters. The Kier molecular flexibility index (Phi) is 4.31. The van der Waals surface area contributed by atoms with E-state index in [1.165, 1.54) is 12.1 Å². The SMILES string of the molecule is Cc1cc(O)c(C(C)C)cc1C(=O)c1ccccc1C(=O)O. The van der Waals surface area contributed by atoms with Crippen LogP contribution in [-0.4, -0.2) is 22.0 Å². The Bertz CT molecular complexity index is 745. The lowest BCUT2D eigenvalue weighted by molar-refractivity contribution is 0.0692. The smallest absolute Gasteiger partial charge is 0.336 e. The van der Waals surface area contributed by atoms with Crippen LogP contribution in [0.2, 0.25) is 0 Å². The highest BCUT2D eigenvalue weighted by Crippen LogP contribution is 2.30. The van der Waals surface area contributed by atoms with Crippen molar-refractivity contribution in [2.45, 2.75) is 26.7 Å². The van der Waals surface area contributed by atoms with Crippen LogP contribution in [0, 0.1) is 6.92 Å². The third-order valence-corrected chi connectivity index (χ3v) is 3.64. The molecule has 0 spiro atoms. The van der Waals surface area contributed by atoms with Crippen molar-refractivity contribution in [3.63, 3.8) is 0 Å². The van der Waals surface area contributed by atoms with Gasteiger partial charge < -0.3 is 10.2 Å². The lowest BCUT2D eigenvalue weighted by Crippen LogP contribution is -2.11. The first-order valence-corrected chi connectivity index (χ1v) is 7.03. The van der Waals surface area contributed by atoms with Gasteiger partial charge in [0.25, 0.3) is 0 Å². The van der Waals surface area contributed by atoms with Gasteiger partial charge in [0.05, 0.1) is 5.56 Å². The molecule has 0 fully saturated rings. The van der Waals surface area contributed by atoms with E-state index in [1.54, 1.807) is 31.2 Å². The molecule has 0 saturated heterocycles. The molecule has 22 heavy (non-hydrogen) atoms. The maximum Gasteiger partial charge on any atom is 0.336 e. The second kappa shape index (κ2) is 6.02. The molecule has 2 rings (SSSR count). The molecule has 4 heteroatoms. The Morgan fingerprint density at radius 1 is 1.00 bits per heavy atom. The Hall–Kier alpha value is -2.62. The standard InChI is InChI=1S/C18H18O4/c1-10(2)14-9-15(11(3)8-16(14)19)17(20)12-6-4-5-7-13(12)18(21)22/h4-10,19H,1-3H3,(H,21,22). The van der Waals surface area contributed by atoms with Crippen molar-refractivity contribution >= 4 is 11.8 Å². The number of ketones is 1. The topological polar surface area (TPSA) is 74.6 Å². The van der Waals surface area contributed by atoms with Crippen LogP contribution >= 0.6 is 0 Å². The van der Waals surface area contributed by atoms with Crippen molar-refractivity contribution in [3.05, 3.63) is 64.2 Å². The first kappa shape index (κ1) is 15.8. The van der Waals surface area contributed by atoms with Gasteiger partial charge in [-0.15, -0.1) is 0 Å². The second-order valence-electron chi connectivity index (χ2n) is 5.56. The van der Waals surface area contributed by atoms with Crippen molar-refractivity contribution in [1.82, 2.24) is 0 Å². The molecule has 0 amide bonds. The van der Waals surface area contributed by atoms with Crippen molar-refractivity contribution in [3.8, 4) is 5.75 Å². The molecule has 2 aromatic rings. The van der Waals surface area contributed by atoms with E-state index in [-0.39, 0.29) is 28.6 Å². The van der Waals surface area contributed by atoms with E-state index in [0.29, 0.717) is 16.7 Å². The highest BCUT2D eigenvalue weighted by atomic mass is 16.4. The zero-order valence-corrected chi connectivity index (χ0v) is 12.8. The number of aromatic carboxylic acids is 1. The molecule has 114 valence electrons. The maximum atomic E-state index is 12.7. The van der Waals surface area contributed by atoms with Gasteiger partial charge >= 0.3 is 5.97 Å². The molecular formula is C18H18O4. The predicted molar refractivity (Wildman–Crippen MR) is 83.8 cm³/mol. The number of carboxylic acid groups (broad SMARTS) is 1. The average Bonchev–Trinajstić information content (AvgIpc) is 2.46. The number of carboxylic acids is 1. The predicted octanol–water partition coefficient (Wildman–Crippen LogP) is 3.75. The second-order valence-corrected chi connectivity index (χ2v) is 5.56. The molecule has 0 aromatic heterocycles. The van der Waals surface area contributed by atoms with E-state index in [2.05, 4.69) is 0 Å². The van der Waals surface area contributed by atoms with E-state index in [0.717, 1.165) is 0 Å². The Morgan fingerprint density at radius 2 is 1.59 bits per heavy atom. The third kappa shape index (κ3) is 2.86. The molecule has 0 aliphatic rings. The van der Waals surface area contributed by atoms with Gasteiger partial charge in [-0.1, -0.05) is 32.0 Å². The Morgan fingerprint density at radius 3 is 2.14 bits per heavy atom. The molecule has 2 aromatic carbocycles. The fourth-order valence-electron chi connectivity index (χ4n) is 2.43. The summed E-state index contributed by atoms with van der Waals surface area (Å²) in [6.07, 6.45) is 0. The van der Waals surface area contributed by atoms with Crippen molar-refractivity contribution in [2.75, 3.05) is 0 Å². The van der Waals surface area contributed by atoms with Gasteiger partial charge in [-0.05, 0) is 42.2 Å². The normalized spacial score (nSPS) is 10.7. The molecule has 0 bridgehead atoms. The van der Waals surface area contributed by atoms with Crippen LogP contribution in [0.3, 0.4) is 0 Å². The lowest BCUT2D eigenvalue weighted by atomic mass is 9.91. The number of carbonyl (C=O) groups is 2.